The summed E-state index contributed by atoms with van der Waals surface area (Å²) in [6, 6.07) is 0. The third-order valence-corrected chi connectivity index (χ3v) is 0. The van der Waals surface area contributed by atoms with E-state index in [0.717, 1.165) is 0 Å². The van der Waals surface area contributed by atoms with E-state index in [0.29, 0.717) is 0 Å². The van der Waals surface area contributed by atoms with Gasteiger partial charge in [-0.25, -0.2) is 0 Å². The van der Waals surface area contributed by atoms with Crippen molar-refractivity contribution < 1.29 is 52.6 Å². The van der Waals surface area contributed by atoms with E-state index in [2.05, 4.69) is 12.6 Å². The Morgan fingerprint density at radius 2 is 0.667 bits per heavy atom. The minimum Gasteiger partial charge on any atom is -0.264 e. The quantitative estimate of drug-likeness (QED) is 0.148. The van der Waals surface area contributed by atoms with Crippen LogP contribution in [-0.2, 0) is 31.2 Å². The van der Waals surface area contributed by atoms with Gasteiger partial charge in [0, 0.05) is 0 Å². The number of rotatable bonds is 0. The van der Waals surface area contributed by atoms with Gasteiger partial charge in [-0.3, -0.25) is 27.3 Å². The second kappa shape index (κ2) is 11.5. The highest BCUT2D eigenvalue weighted by Crippen LogP contribution is 1.60. The summed E-state index contributed by atoms with van der Waals surface area (Å²) in [7, 11) is -14.0. The molecule has 0 fully saturated rings. The Morgan fingerprint density at radius 1 is 0.667 bits per heavy atom. The third-order valence-electron chi connectivity index (χ3n) is 0. The zero-order valence-corrected chi connectivity index (χ0v) is 11.1. The molecule has 112 valence electrons. The fourth-order valence-corrected chi connectivity index (χ4v) is 0. The van der Waals surface area contributed by atoms with Crippen molar-refractivity contribution in [1.82, 2.24) is 0 Å². The molecule has 0 spiro atoms. The predicted octanol–water partition coefficient (Wildman–Crippen LogP) is -1.56. The molecule has 17 heteroatoms. The van der Waals surface area contributed by atoms with Crippen LogP contribution in [0.3, 0.4) is 0 Å². The minimum absolute atomic E-state index is 1.44. The molecule has 6 N–H and O–H groups in total. The molecule has 0 aromatic rings. The van der Waals surface area contributed by atoms with E-state index >= 15 is 0 Å². The second-order valence-electron chi connectivity index (χ2n) is 1.44. The zero-order valence-electron chi connectivity index (χ0n) is 7.75. The summed E-state index contributed by atoms with van der Waals surface area (Å²) in [6.07, 6.45) is 0. The van der Waals surface area contributed by atoms with Crippen molar-refractivity contribution in [1.29, 1.82) is 5.26 Å². The SMILES string of the molecule is N#CS.O=S(=O)(O)O.O=S(=O)(O)O.O=S(=O)(O)O. The van der Waals surface area contributed by atoms with E-state index in [9.17, 15) is 0 Å². The van der Waals surface area contributed by atoms with Crippen LogP contribution >= 0.6 is 12.6 Å². The van der Waals surface area contributed by atoms with Crippen LogP contribution in [0, 0.1) is 10.7 Å². The highest BCUT2D eigenvalue weighted by molar-refractivity contribution is 7.85. The van der Waals surface area contributed by atoms with Crippen molar-refractivity contribution in [3.05, 3.63) is 0 Å². The Morgan fingerprint density at radius 3 is 0.667 bits per heavy atom. The fourth-order valence-electron chi connectivity index (χ4n) is 0. The molecule has 0 aliphatic heterocycles. The first-order valence-electron chi connectivity index (χ1n) is 2.54. The van der Waals surface area contributed by atoms with Crippen molar-refractivity contribution >= 4 is 43.8 Å². The average molecular weight is 353 g/mol. The summed E-state index contributed by atoms with van der Waals surface area (Å²) >= 11 is 3.09. The Labute approximate surface area is 107 Å². The first kappa shape index (κ1) is 26.1. The Hall–Kier alpha value is -0.550. The molecule has 0 bridgehead atoms. The Kier molecular flexibility index (Phi) is 16.7. The summed E-state index contributed by atoms with van der Waals surface area (Å²) in [5, 5.41) is 8.63. The first-order chi connectivity index (χ1) is 7.41. The summed E-state index contributed by atoms with van der Waals surface area (Å²) in [4.78, 5) is 0. The molecule has 0 saturated heterocycles. The van der Waals surface area contributed by atoms with E-state index in [1.807, 2.05) is 0 Å². The second-order valence-corrected chi connectivity index (χ2v) is 4.33. The minimum atomic E-state index is -4.67. The molecule has 0 aromatic heterocycles. The molecule has 0 saturated carbocycles. The fraction of sp³-hybridized carbons (Fsp3) is 0. The van der Waals surface area contributed by atoms with Crippen LogP contribution in [0.4, 0.5) is 0 Å². The lowest BCUT2D eigenvalue weighted by molar-refractivity contribution is 0.378. The first-order valence-corrected chi connectivity index (χ1v) is 7.18. The maximum Gasteiger partial charge on any atom is 0.394 e. The van der Waals surface area contributed by atoms with Gasteiger partial charge in [0.05, 0.1) is 0 Å². The summed E-state index contributed by atoms with van der Waals surface area (Å²) in [6.45, 7) is 0. The van der Waals surface area contributed by atoms with Crippen LogP contribution in [0.15, 0.2) is 0 Å². The van der Waals surface area contributed by atoms with Gasteiger partial charge < -0.3 is 0 Å². The maximum atomic E-state index is 8.74. The lowest BCUT2D eigenvalue weighted by atomic mass is 11.8. The van der Waals surface area contributed by atoms with Gasteiger partial charge >= 0.3 is 31.2 Å². The molecule has 0 aliphatic rings. The predicted molar refractivity (Wildman–Crippen MR) is 57.1 cm³/mol. The number of thiocyanates is 1. The van der Waals surface area contributed by atoms with Crippen LogP contribution in [0.5, 0.6) is 0 Å². The molecule has 18 heavy (non-hydrogen) atoms. The number of hydrogen-bond acceptors (Lipinski definition) is 8. The molecule has 0 unspecified atom stereocenters. The van der Waals surface area contributed by atoms with Gasteiger partial charge in [0.1, 0.15) is 5.40 Å². The van der Waals surface area contributed by atoms with E-state index in [1.165, 1.54) is 5.40 Å². The van der Waals surface area contributed by atoms with Crippen molar-refractivity contribution in [3.8, 4) is 5.40 Å². The molecule has 13 nitrogen and oxygen atoms in total. The molecular formula is CH7NO12S4. The van der Waals surface area contributed by atoms with Crippen molar-refractivity contribution in [2.75, 3.05) is 0 Å². The zero-order chi connectivity index (χ0) is 16.2. The topological polar surface area (TPSA) is 248 Å². The van der Waals surface area contributed by atoms with E-state index < -0.39 is 31.2 Å². The lowest BCUT2D eigenvalue weighted by Gasteiger charge is -1.68. The van der Waals surface area contributed by atoms with Crippen LogP contribution in [0.2, 0.25) is 0 Å². The summed E-state index contributed by atoms with van der Waals surface area (Å²) in [5.41, 5.74) is 0. The molecular weight excluding hydrogens is 346 g/mol. The van der Waals surface area contributed by atoms with Crippen molar-refractivity contribution in [2.24, 2.45) is 0 Å². The van der Waals surface area contributed by atoms with Gasteiger partial charge in [-0.2, -0.15) is 30.5 Å². The number of nitrogens with zero attached hydrogens (tertiary/aromatic N) is 1. The summed E-state index contributed by atoms with van der Waals surface area (Å²) < 4.78 is 94.8. The lowest BCUT2D eigenvalue weighted by Crippen LogP contribution is -1.89. The molecule has 0 amide bonds. The average Bonchev–Trinajstić information content (AvgIpc) is 1.71. The monoisotopic (exact) mass is 353 g/mol. The third kappa shape index (κ3) is 10700. The van der Waals surface area contributed by atoms with Crippen LogP contribution in [-0.4, -0.2) is 52.6 Å². The van der Waals surface area contributed by atoms with E-state index in [4.69, 9.17) is 57.8 Å². The highest BCUT2D eigenvalue weighted by atomic mass is 32.3. The van der Waals surface area contributed by atoms with Gasteiger partial charge in [-0.1, -0.05) is 12.6 Å². The Bertz CT molecular complexity index is 420. The Balaban J connectivity index is -0.0000000739. The van der Waals surface area contributed by atoms with Gasteiger partial charge in [-0.15, -0.1) is 0 Å². The van der Waals surface area contributed by atoms with E-state index in [1.54, 1.807) is 0 Å². The molecule has 0 heterocycles. The smallest absolute Gasteiger partial charge is 0.264 e. The summed E-state index contributed by atoms with van der Waals surface area (Å²) in [5.74, 6) is 0. The van der Waals surface area contributed by atoms with Crippen LogP contribution in [0.25, 0.3) is 0 Å². The highest BCUT2D eigenvalue weighted by Gasteiger charge is 1.85. The molecule has 0 aromatic carbocycles. The molecule has 0 radical (unpaired) electrons. The van der Waals surface area contributed by atoms with Crippen LogP contribution < -0.4 is 0 Å². The van der Waals surface area contributed by atoms with Crippen LogP contribution in [0.1, 0.15) is 0 Å². The van der Waals surface area contributed by atoms with Gasteiger partial charge in [0.2, 0.25) is 0 Å². The number of hydrogen-bond donors (Lipinski definition) is 7. The number of thiol groups is 1. The number of nitriles is 1. The largest absolute Gasteiger partial charge is 0.394 e. The van der Waals surface area contributed by atoms with Gasteiger partial charge in [0.15, 0.2) is 0 Å². The molecule has 0 aliphatic carbocycles. The molecule has 0 rings (SSSR count). The van der Waals surface area contributed by atoms with Crippen molar-refractivity contribution in [2.45, 2.75) is 0 Å². The normalized spacial score (nSPS) is 10.1. The standard InChI is InChI=1S/CHNS.3H2O4S/c2-1-3;3*1-5(2,3)4/h3H;3*(H2,1,2,3,4). The van der Waals surface area contributed by atoms with Gasteiger partial charge in [0.25, 0.3) is 0 Å². The molecule has 0 atom stereocenters. The van der Waals surface area contributed by atoms with Gasteiger partial charge in [-0.05, 0) is 0 Å². The van der Waals surface area contributed by atoms with E-state index in [-0.39, 0.29) is 0 Å². The maximum absolute atomic E-state index is 8.74. The van der Waals surface area contributed by atoms with Crippen molar-refractivity contribution in [3.63, 3.8) is 0 Å².